The van der Waals surface area contributed by atoms with Crippen LogP contribution in [0.3, 0.4) is 0 Å². The number of hydrogen-bond acceptors (Lipinski definition) is 4. The Hall–Kier alpha value is -1.43. The highest BCUT2D eigenvalue weighted by molar-refractivity contribution is 5.80. The lowest BCUT2D eigenvalue weighted by atomic mass is 10.0. The lowest BCUT2D eigenvalue weighted by molar-refractivity contribution is -0.141. The van der Waals surface area contributed by atoms with E-state index in [1.807, 2.05) is 35.8 Å². The van der Waals surface area contributed by atoms with Crippen molar-refractivity contribution in [1.82, 2.24) is 5.48 Å². The minimum Gasteiger partial charge on any atom is -0.382 e. The van der Waals surface area contributed by atoms with Crippen LogP contribution >= 0.6 is 0 Å². The fourth-order valence-corrected chi connectivity index (χ4v) is 1.35. The number of nitrogens with two attached hydrogens (primary N) is 1. The molecule has 1 rings (SSSR count). The molecule has 0 spiro atoms. The number of amides is 1. The van der Waals surface area contributed by atoms with Crippen LogP contribution in [0.25, 0.3) is 0 Å². The number of hydrogen-bond donors (Lipinski definition) is 3. The Morgan fingerprint density at radius 3 is 2.69 bits per heavy atom. The molecule has 0 bridgehead atoms. The average Bonchev–Trinajstić information content (AvgIpc) is 2.29. The Morgan fingerprint density at radius 1 is 1.50 bits per heavy atom. The Labute approximate surface area is 94.2 Å². The average molecular weight is 224 g/mol. The zero-order valence-electron chi connectivity index (χ0n) is 9.09. The van der Waals surface area contributed by atoms with E-state index >= 15 is 0 Å². The van der Waals surface area contributed by atoms with Crippen molar-refractivity contribution in [3.05, 3.63) is 35.9 Å². The fraction of sp³-hybridized carbons (Fsp3) is 0.364. The van der Waals surface area contributed by atoms with Crippen molar-refractivity contribution in [3.8, 4) is 0 Å². The van der Waals surface area contributed by atoms with Crippen LogP contribution in [0.15, 0.2) is 30.3 Å². The van der Waals surface area contributed by atoms with Crippen LogP contribution in [0, 0.1) is 0 Å². The van der Waals surface area contributed by atoms with Gasteiger partial charge in [-0.25, -0.2) is 5.48 Å². The Bertz CT molecular complexity index is 329. The molecule has 0 aromatic heterocycles. The molecule has 0 aliphatic carbocycles. The van der Waals surface area contributed by atoms with Crippen molar-refractivity contribution < 1.29 is 14.7 Å². The van der Waals surface area contributed by atoms with E-state index in [9.17, 15) is 9.90 Å². The van der Waals surface area contributed by atoms with Crippen LogP contribution in [-0.2, 0) is 16.1 Å². The van der Waals surface area contributed by atoms with Gasteiger partial charge < -0.3 is 10.8 Å². The molecule has 5 nitrogen and oxygen atoms in total. The SMILES string of the molecule is CONC(=O)C(O)[C@@H](N)Cc1ccccc1. The van der Waals surface area contributed by atoms with Gasteiger partial charge in [0, 0.05) is 6.04 Å². The summed E-state index contributed by atoms with van der Waals surface area (Å²) in [6.45, 7) is 0. The molecule has 16 heavy (non-hydrogen) atoms. The van der Waals surface area contributed by atoms with E-state index in [1.165, 1.54) is 7.11 Å². The summed E-state index contributed by atoms with van der Waals surface area (Å²) >= 11 is 0. The quantitative estimate of drug-likeness (QED) is 0.594. The van der Waals surface area contributed by atoms with E-state index in [4.69, 9.17) is 5.73 Å². The summed E-state index contributed by atoms with van der Waals surface area (Å²) in [5, 5.41) is 9.56. The van der Waals surface area contributed by atoms with Crippen LogP contribution in [0.4, 0.5) is 0 Å². The van der Waals surface area contributed by atoms with E-state index in [0.29, 0.717) is 6.42 Å². The second kappa shape index (κ2) is 6.22. The highest BCUT2D eigenvalue weighted by Crippen LogP contribution is 2.04. The Morgan fingerprint density at radius 2 is 2.12 bits per heavy atom. The molecule has 0 saturated carbocycles. The maximum absolute atomic E-state index is 11.2. The molecule has 88 valence electrons. The minimum atomic E-state index is -1.28. The third kappa shape index (κ3) is 3.62. The van der Waals surface area contributed by atoms with E-state index in [1.54, 1.807) is 0 Å². The van der Waals surface area contributed by atoms with Crippen LogP contribution in [0.5, 0.6) is 0 Å². The molecule has 2 atom stereocenters. The smallest absolute Gasteiger partial charge is 0.273 e. The molecule has 1 amide bonds. The van der Waals surface area contributed by atoms with Crippen molar-refractivity contribution in [3.63, 3.8) is 0 Å². The predicted octanol–water partition coefficient (Wildman–Crippen LogP) is -0.405. The van der Waals surface area contributed by atoms with Crippen molar-refractivity contribution in [2.24, 2.45) is 5.73 Å². The third-order valence-electron chi connectivity index (χ3n) is 2.19. The van der Waals surface area contributed by atoms with Crippen molar-refractivity contribution in [1.29, 1.82) is 0 Å². The van der Waals surface area contributed by atoms with Crippen LogP contribution in [0.2, 0.25) is 0 Å². The molecular formula is C11H16N2O3. The lowest BCUT2D eigenvalue weighted by Gasteiger charge is -2.17. The number of nitrogens with one attached hydrogen (secondary N) is 1. The van der Waals surface area contributed by atoms with Gasteiger partial charge >= 0.3 is 0 Å². The van der Waals surface area contributed by atoms with Gasteiger partial charge in [-0.15, -0.1) is 0 Å². The topological polar surface area (TPSA) is 84.6 Å². The summed E-state index contributed by atoms with van der Waals surface area (Å²) in [5.41, 5.74) is 8.73. The molecular weight excluding hydrogens is 208 g/mol. The molecule has 0 aliphatic rings. The van der Waals surface area contributed by atoms with Gasteiger partial charge in [0.2, 0.25) is 0 Å². The largest absolute Gasteiger partial charge is 0.382 e. The van der Waals surface area contributed by atoms with E-state index < -0.39 is 18.1 Å². The molecule has 0 heterocycles. The van der Waals surface area contributed by atoms with Gasteiger partial charge in [0.25, 0.3) is 5.91 Å². The van der Waals surface area contributed by atoms with Gasteiger partial charge in [0.1, 0.15) is 6.10 Å². The zero-order valence-corrected chi connectivity index (χ0v) is 9.09. The molecule has 5 heteroatoms. The van der Waals surface area contributed by atoms with Crippen LogP contribution in [0.1, 0.15) is 5.56 Å². The first-order valence-corrected chi connectivity index (χ1v) is 4.95. The first-order valence-electron chi connectivity index (χ1n) is 4.95. The number of carbonyl (C=O) groups excluding carboxylic acids is 1. The van der Waals surface area contributed by atoms with Crippen molar-refractivity contribution >= 4 is 5.91 Å². The maximum Gasteiger partial charge on any atom is 0.273 e. The minimum absolute atomic E-state index is 0.430. The van der Waals surface area contributed by atoms with Crippen LogP contribution < -0.4 is 11.2 Å². The second-order valence-corrected chi connectivity index (χ2v) is 3.47. The molecule has 1 unspecified atom stereocenters. The summed E-state index contributed by atoms with van der Waals surface area (Å²) in [6.07, 6.45) is -0.848. The fourth-order valence-electron chi connectivity index (χ4n) is 1.35. The zero-order chi connectivity index (χ0) is 12.0. The Balaban J connectivity index is 2.52. The second-order valence-electron chi connectivity index (χ2n) is 3.47. The van der Waals surface area contributed by atoms with Gasteiger partial charge in [0.05, 0.1) is 7.11 Å². The summed E-state index contributed by atoms with van der Waals surface area (Å²) in [4.78, 5) is 15.6. The lowest BCUT2D eigenvalue weighted by Crippen LogP contribution is -2.47. The number of aliphatic hydroxyl groups excluding tert-OH is 1. The number of rotatable bonds is 5. The first kappa shape index (κ1) is 12.6. The maximum atomic E-state index is 11.2. The highest BCUT2D eigenvalue weighted by Gasteiger charge is 2.22. The molecule has 1 aromatic carbocycles. The summed E-state index contributed by atoms with van der Waals surface area (Å²) in [5.74, 6) is -0.633. The molecule has 0 fully saturated rings. The van der Waals surface area contributed by atoms with E-state index in [2.05, 4.69) is 4.84 Å². The molecule has 0 aliphatic heterocycles. The van der Waals surface area contributed by atoms with Crippen LogP contribution in [-0.4, -0.2) is 30.3 Å². The number of hydroxylamine groups is 1. The highest BCUT2D eigenvalue weighted by atomic mass is 16.6. The number of aliphatic hydroxyl groups is 1. The predicted molar refractivity (Wildman–Crippen MR) is 59.3 cm³/mol. The van der Waals surface area contributed by atoms with E-state index in [-0.39, 0.29) is 0 Å². The van der Waals surface area contributed by atoms with Gasteiger partial charge in [-0.1, -0.05) is 30.3 Å². The van der Waals surface area contributed by atoms with Gasteiger partial charge in [-0.3, -0.25) is 9.63 Å². The van der Waals surface area contributed by atoms with Gasteiger partial charge in [-0.05, 0) is 12.0 Å². The van der Waals surface area contributed by atoms with Crippen molar-refractivity contribution in [2.75, 3.05) is 7.11 Å². The van der Waals surface area contributed by atoms with Crippen molar-refractivity contribution in [2.45, 2.75) is 18.6 Å². The number of benzene rings is 1. The Kier molecular flexibility index (Phi) is 4.91. The van der Waals surface area contributed by atoms with E-state index in [0.717, 1.165) is 5.56 Å². The normalized spacial score (nSPS) is 14.2. The number of carbonyl (C=O) groups is 1. The summed E-state index contributed by atoms with van der Waals surface area (Å²) in [7, 11) is 1.30. The molecule has 4 N–H and O–H groups in total. The monoisotopic (exact) mass is 224 g/mol. The summed E-state index contributed by atoms with van der Waals surface area (Å²) < 4.78 is 0. The van der Waals surface area contributed by atoms with Gasteiger partial charge in [-0.2, -0.15) is 0 Å². The molecule has 1 aromatic rings. The molecule has 0 saturated heterocycles. The summed E-state index contributed by atoms with van der Waals surface area (Å²) in [6, 6.07) is 8.77. The molecule has 0 radical (unpaired) electrons. The standard InChI is InChI=1S/C11H16N2O3/c1-16-13-11(15)10(14)9(12)7-8-5-3-2-4-6-8/h2-6,9-10,14H,7,12H2,1H3,(H,13,15)/t9-,10?/m0/s1. The van der Waals surface area contributed by atoms with Gasteiger partial charge in [0.15, 0.2) is 0 Å². The first-order chi connectivity index (χ1) is 7.65. The third-order valence-corrected chi connectivity index (χ3v) is 2.19.